The van der Waals surface area contributed by atoms with Gasteiger partial charge in [-0.05, 0) is 0 Å². The molecule has 92 valence electrons. The van der Waals surface area contributed by atoms with E-state index in [1.54, 1.807) is 18.9 Å². The van der Waals surface area contributed by atoms with Crippen molar-refractivity contribution in [1.29, 1.82) is 0 Å². The Bertz CT molecular complexity index is 242. The van der Waals surface area contributed by atoms with Crippen molar-refractivity contribution in [1.82, 2.24) is 5.32 Å². The maximum absolute atomic E-state index is 10.9. The van der Waals surface area contributed by atoms with Gasteiger partial charge in [0.25, 0.3) is 0 Å². The fraction of sp³-hybridized carbons (Fsp3) is 1.00. The molecule has 0 aliphatic carbocycles. The van der Waals surface area contributed by atoms with Crippen molar-refractivity contribution in [3.8, 4) is 0 Å². The Morgan fingerprint density at radius 3 is 2.67 bits per heavy atom. The summed E-state index contributed by atoms with van der Waals surface area (Å²) in [6, 6.07) is 0. The smallest absolute Gasteiger partial charge is 0.148 e. The van der Waals surface area contributed by atoms with Gasteiger partial charge in [-0.1, -0.05) is 6.92 Å². The van der Waals surface area contributed by atoms with Crippen LogP contribution in [0, 0.1) is 0 Å². The lowest BCUT2D eigenvalue weighted by atomic mass is 10.4. The predicted molar refractivity (Wildman–Crippen MR) is 66.4 cm³/mol. The molecule has 0 saturated heterocycles. The van der Waals surface area contributed by atoms with E-state index < -0.39 is 9.84 Å². The van der Waals surface area contributed by atoms with Crippen LogP contribution in [0.1, 0.15) is 6.92 Å². The molecule has 0 aromatic carbocycles. The molecule has 0 amide bonds. The number of nitrogens with one attached hydrogen (secondary N) is 1. The number of hydrogen-bond donors (Lipinski definition) is 1. The summed E-state index contributed by atoms with van der Waals surface area (Å²) in [5, 5.41) is 3.67. The van der Waals surface area contributed by atoms with Crippen LogP contribution < -0.4 is 5.32 Å². The summed E-state index contributed by atoms with van der Waals surface area (Å²) in [5.41, 5.74) is 0. The third-order valence-corrected chi connectivity index (χ3v) is 4.15. The van der Waals surface area contributed by atoms with Gasteiger partial charge >= 0.3 is 0 Å². The van der Waals surface area contributed by atoms with Gasteiger partial charge in [0.1, 0.15) is 9.84 Å². The highest BCUT2D eigenvalue weighted by molar-refractivity contribution is 8.01. The zero-order valence-electron chi connectivity index (χ0n) is 9.65. The number of rotatable bonds is 9. The van der Waals surface area contributed by atoms with E-state index in [9.17, 15) is 8.42 Å². The molecule has 15 heavy (non-hydrogen) atoms. The van der Waals surface area contributed by atoms with Gasteiger partial charge in [0.05, 0.1) is 12.4 Å². The Morgan fingerprint density at radius 2 is 2.13 bits per heavy atom. The van der Waals surface area contributed by atoms with Gasteiger partial charge in [0.15, 0.2) is 0 Å². The van der Waals surface area contributed by atoms with Gasteiger partial charge in [-0.3, -0.25) is 0 Å². The second kappa shape index (κ2) is 8.38. The van der Waals surface area contributed by atoms with Gasteiger partial charge < -0.3 is 10.1 Å². The Balaban J connectivity index is 3.37. The van der Waals surface area contributed by atoms with Gasteiger partial charge in [-0.25, -0.2) is 8.42 Å². The van der Waals surface area contributed by atoms with Crippen LogP contribution in [0.15, 0.2) is 0 Å². The molecule has 0 spiro atoms. The molecule has 0 aliphatic rings. The van der Waals surface area contributed by atoms with E-state index in [0.29, 0.717) is 17.6 Å². The maximum atomic E-state index is 10.9. The van der Waals surface area contributed by atoms with Gasteiger partial charge in [0, 0.05) is 37.5 Å². The standard InChI is InChI=1S/C9H21NO3S2/c1-9(8-10-4-5-13-2)14-6-7-15(3,11)12/h9-10H,4-8H2,1-3H3. The van der Waals surface area contributed by atoms with Gasteiger partial charge in [0.2, 0.25) is 0 Å². The minimum absolute atomic E-state index is 0.264. The second-order valence-corrected chi connectivity index (χ2v) is 7.31. The average Bonchev–Trinajstić information content (AvgIpc) is 2.10. The summed E-state index contributed by atoms with van der Waals surface area (Å²) in [6.45, 7) is 4.53. The van der Waals surface area contributed by atoms with E-state index in [4.69, 9.17) is 4.74 Å². The van der Waals surface area contributed by atoms with Crippen molar-refractivity contribution < 1.29 is 13.2 Å². The molecule has 0 aromatic rings. The summed E-state index contributed by atoms with van der Waals surface area (Å²) >= 11 is 1.68. The monoisotopic (exact) mass is 255 g/mol. The lowest BCUT2D eigenvalue weighted by molar-refractivity contribution is 0.199. The van der Waals surface area contributed by atoms with Crippen molar-refractivity contribution in [3.05, 3.63) is 0 Å². The normalized spacial score (nSPS) is 14.1. The van der Waals surface area contributed by atoms with Crippen molar-refractivity contribution in [2.24, 2.45) is 0 Å². The van der Waals surface area contributed by atoms with Crippen LogP contribution in [-0.4, -0.2) is 58.2 Å². The molecule has 6 heteroatoms. The van der Waals surface area contributed by atoms with Gasteiger partial charge in [-0.2, -0.15) is 11.8 Å². The predicted octanol–water partition coefficient (Wildman–Crippen LogP) is 0.389. The van der Waals surface area contributed by atoms with E-state index in [-0.39, 0.29) is 5.75 Å². The van der Waals surface area contributed by atoms with Crippen LogP contribution >= 0.6 is 11.8 Å². The number of thioether (sulfide) groups is 1. The molecule has 1 N–H and O–H groups in total. The van der Waals surface area contributed by atoms with Crippen LogP contribution in [0.3, 0.4) is 0 Å². The van der Waals surface area contributed by atoms with Gasteiger partial charge in [-0.15, -0.1) is 0 Å². The molecule has 1 unspecified atom stereocenters. The first-order valence-electron chi connectivity index (χ1n) is 4.94. The fourth-order valence-corrected chi connectivity index (χ4v) is 3.17. The Hall–Kier alpha value is 0.220. The molecule has 0 heterocycles. The number of sulfone groups is 1. The quantitative estimate of drug-likeness (QED) is 0.604. The van der Waals surface area contributed by atoms with Crippen molar-refractivity contribution in [3.63, 3.8) is 0 Å². The fourth-order valence-electron chi connectivity index (χ4n) is 0.939. The van der Waals surface area contributed by atoms with Crippen LogP contribution in [0.25, 0.3) is 0 Å². The first kappa shape index (κ1) is 15.2. The van der Waals surface area contributed by atoms with E-state index in [0.717, 1.165) is 13.1 Å². The number of methoxy groups -OCH3 is 1. The average molecular weight is 255 g/mol. The molecule has 4 nitrogen and oxygen atoms in total. The van der Waals surface area contributed by atoms with E-state index in [1.165, 1.54) is 6.26 Å². The largest absolute Gasteiger partial charge is 0.383 e. The molecule has 0 aliphatic heterocycles. The molecule has 0 bridgehead atoms. The van der Waals surface area contributed by atoms with E-state index in [1.807, 2.05) is 0 Å². The first-order valence-corrected chi connectivity index (χ1v) is 8.05. The third kappa shape index (κ3) is 12.2. The molecular weight excluding hydrogens is 234 g/mol. The van der Waals surface area contributed by atoms with E-state index >= 15 is 0 Å². The van der Waals surface area contributed by atoms with E-state index in [2.05, 4.69) is 12.2 Å². The minimum Gasteiger partial charge on any atom is -0.383 e. The number of hydrogen-bond acceptors (Lipinski definition) is 5. The van der Waals surface area contributed by atoms with Crippen molar-refractivity contribution in [2.45, 2.75) is 12.2 Å². The molecule has 0 saturated carbocycles. The first-order chi connectivity index (χ1) is 6.95. The summed E-state index contributed by atoms with van der Waals surface area (Å²) in [5.74, 6) is 0.937. The Kier molecular flexibility index (Phi) is 8.50. The molecule has 0 radical (unpaired) electrons. The zero-order chi connectivity index (χ0) is 11.7. The topological polar surface area (TPSA) is 55.4 Å². The van der Waals surface area contributed by atoms with Crippen LogP contribution in [0.2, 0.25) is 0 Å². The number of ether oxygens (including phenoxy) is 1. The molecule has 1 atom stereocenters. The Morgan fingerprint density at radius 1 is 1.47 bits per heavy atom. The van der Waals surface area contributed by atoms with Crippen molar-refractivity contribution in [2.75, 3.05) is 44.6 Å². The summed E-state index contributed by atoms with van der Waals surface area (Å²) in [4.78, 5) is 0. The molecule has 0 aromatic heterocycles. The zero-order valence-corrected chi connectivity index (χ0v) is 11.3. The third-order valence-electron chi connectivity index (χ3n) is 1.77. The lowest BCUT2D eigenvalue weighted by Gasteiger charge is -2.11. The second-order valence-electron chi connectivity index (χ2n) is 3.51. The van der Waals surface area contributed by atoms with Crippen molar-refractivity contribution >= 4 is 21.6 Å². The molecule has 0 rings (SSSR count). The minimum atomic E-state index is -2.81. The summed E-state index contributed by atoms with van der Waals surface area (Å²) in [6.07, 6.45) is 1.27. The lowest BCUT2D eigenvalue weighted by Crippen LogP contribution is -2.26. The van der Waals surface area contributed by atoms with Crippen LogP contribution in [0.4, 0.5) is 0 Å². The van der Waals surface area contributed by atoms with Crippen LogP contribution in [0.5, 0.6) is 0 Å². The Labute approximate surface area is 97.1 Å². The summed E-state index contributed by atoms with van der Waals surface area (Å²) < 4.78 is 26.6. The highest BCUT2D eigenvalue weighted by atomic mass is 32.2. The summed E-state index contributed by atoms with van der Waals surface area (Å²) in [7, 11) is -1.14. The van der Waals surface area contributed by atoms with Crippen LogP contribution in [-0.2, 0) is 14.6 Å². The molecular formula is C9H21NO3S2. The molecule has 0 fully saturated rings. The maximum Gasteiger partial charge on any atom is 0.148 e. The highest BCUT2D eigenvalue weighted by Gasteiger charge is 2.05. The highest BCUT2D eigenvalue weighted by Crippen LogP contribution is 2.09. The SMILES string of the molecule is COCCNCC(C)SCCS(C)(=O)=O.